The van der Waals surface area contributed by atoms with Gasteiger partial charge < -0.3 is 89.9 Å². The van der Waals surface area contributed by atoms with Crippen molar-refractivity contribution in [3.05, 3.63) is 48.6 Å². The van der Waals surface area contributed by atoms with E-state index in [9.17, 15) is 61.0 Å². The van der Waals surface area contributed by atoms with Gasteiger partial charge in [0.05, 0.1) is 38.6 Å². The highest BCUT2D eigenvalue weighted by atomic mass is 16.8. The highest BCUT2D eigenvalue weighted by molar-refractivity contribution is 5.76. The molecule has 0 spiro atoms. The van der Waals surface area contributed by atoms with Crippen molar-refractivity contribution in [1.82, 2.24) is 5.32 Å². The van der Waals surface area contributed by atoms with Crippen LogP contribution < -0.4 is 5.32 Å². The summed E-state index contributed by atoms with van der Waals surface area (Å²) in [6.45, 7) is 1.61. The van der Waals surface area contributed by atoms with Crippen molar-refractivity contribution < 1.29 is 89.4 Å². The molecule has 0 radical (unpaired) electrons. The number of aliphatic hydroxyl groups is 11. The summed E-state index contributed by atoms with van der Waals surface area (Å²) in [5.74, 6) is -0.292. The molecule has 81 heavy (non-hydrogen) atoms. The third-order valence-corrected chi connectivity index (χ3v) is 15.6. The summed E-state index contributed by atoms with van der Waals surface area (Å²) in [6, 6.07) is -0.995. The number of aliphatic hydroxyl groups excluding tert-OH is 11. The Labute approximate surface area is 484 Å². The molecule has 19 nitrogen and oxygen atoms in total. The van der Waals surface area contributed by atoms with Gasteiger partial charge in [-0.3, -0.25) is 4.79 Å². The van der Waals surface area contributed by atoms with E-state index in [4.69, 9.17) is 28.4 Å². The summed E-state index contributed by atoms with van der Waals surface area (Å²) in [5, 5.41) is 120. The SMILES string of the molecule is CCC/C=C/CC/C=C/CC/C=C/C(O)C(COC1OC(CO)C(OC2OC(CO)C(OC3OC(CO)C(O)C(O)C3O)C(O)C2O)C(O)C1O)NC(=O)CCCCCCCCCCCCCCC/C=C\CCCCCCCCCC. The summed E-state index contributed by atoms with van der Waals surface area (Å²) in [5.41, 5.74) is 0. The lowest BCUT2D eigenvalue weighted by Gasteiger charge is -2.48. The second kappa shape index (κ2) is 45.1. The maximum absolute atomic E-state index is 13.3. The van der Waals surface area contributed by atoms with Crippen LogP contribution in [0.3, 0.4) is 0 Å². The van der Waals surface area contributed by atoms with Crippen molar-refractivity contribution in [3.63, 3.8) is 0 Å². The van der Waals surface area contributed by atoms with Crippen LogP contribution in [0.4, 0.5) is 0 Å². The Bertz CT molecular complexity index is 1670. The Morgan fingerprint density at radius 2 is 0.815 bits per heavy atom. The van der Waals surface area contributed by atoms with Gasteiger partial charge in [-0.05, 0) is 64.2 Å². The first-order chi connectivity index (χ1) is 39.3. The number of allylic oxidation sites excluding steroid dienone is 7. The first kappa shape index (κ1) is 73.0. The Morgan fingerprint density at radius 1 is 0.432 bits per heavy atom. The molecule has 3 heterocycles. The van der Waals surface area contributed by atoms with Gasteiger partial charge >= 0.3 is 0 Å². The smallest absolute Gasteiger partial charge is 0.220 e. The summed E-state index contributed by atoms with van der Waals surface area (Å²) < 4.78 is 34.2. The molecule has 3 rings (SSSR count). The Kier molecular flexibility index (Phi) is 40.7. The zero-order chi connectivity index (χ0) is 59.0. The van der Waals surface area contributed by atoms with Gasteiger partial charge in [0.15, 0.2) is 18.9 Å². The lowest BCUT2D eigenvalue weighted by Crippen LogP contribution is -2.66. The van der Waals surface area contributed by atoms with Crippen LogP contribution in [0, 0.1) is 0 Å². The predicted octanol–water partition coefficient (Wildman–Crippen LogP) is 6.26. The van der Waals surface area contributed by atoms with E-state index in [2.05, 4.69) is 55.6 Å². The molecule has 0 aromatic carbocycles. The normalized spacial score (nSPS) is 30.1. The summed E-state index contributed by atoms with van der Waals surface area (Å²) in [4.78, 5) is 13.3. The topological polar surface area (TPSA) is 307 Å². The van der Waals surface area contributed by atoms with Gasteiger partial charge in [0.2, 0.25) is 5.91 Å². The van der Waals surface area contributed by atoms with Crippen molar-refractivity contribution in [1.29, 1.82) is 0 Å². The quantitative estimate of drug-likeness (QED) is 0.0236. The average molecular weight is 1160 g/mol. The number of ether oxygens (including phenoxy) is 6. The van der Waals surface area contributed by atoms with Crippen LogP contribution in [0.2, 0.25) is 0 Å². The maximum atomic E-state index is 13.3. The zero-order valence-corrected chi connectivity index (χ0v) is 49.3. The molecule has 3 aliphatic rings. The van der Waals surface area contributed by atoms with Crippen molar-refractivity contribution >= 4 is 5.91 Å². The molecule has 0 aromatic heterocycles. The van der Waals surface area contributed by atoms with E-state index >= 15 is 0 Å². The number of hydrogen-bond donors (Lipinski definition) is 12. The van der Waals surface area contributed by atoms with Gasteiger partial charge in [-0.25, -0.2) is 0 Å². The molecule has 0 aromatic rings. The molecule has 3 aliphatic heterocycles. The molecule has 17 atom stereocenters. The molecule has 12 N–H and O–H groups in total. The number of unbranched alkanes of at least 4 members (excludes halogenated alkanes) is 24. The fraction of sp³-hybridized carbons (Fsp3) is 0.855. The monoisotopic (exact) mass is 1160 g/mol. The van der Waals surface area contributed by atoms with Crippen LogP contribution in [0.15, 0.2) is 48.6 Å². The van der Waals surface area contributed by atoms with Gasteiger partial charge in [0, 0.05) is 6.42 Å². The van der Waals surface area contributed by atoms with Crippen molar-refractivity contribution in [2.45, 2.75) is 311 Å². The first-order valence-electron chi connectivity index (χ1n) is 31.4. The number of carbonyl (C=O) groups excluding carboxylic acids is 1. The molecule has 17 unspecified atom stereocenters. The lowest BCUT2D eigenvalue weighted by atomic mass is 9.96. The van der Waals surface area contributed by atoms with E-state index in [1.165, 1.54) is 122 Å². The third kappa shape index (κ3) is 28.7. The number of carbonyl (C=O) groups is 1. The average Bonchev–Trinajstić information content (AvgIpc) is 3.57. The molecule has 472 valence electrons. The standard InChI is InChI=1S/C62H111NO18/c1-3-5-7-9-11-13-15-16-17-18-19-20-21-22-23-24-25-26-27-28-30-32-34-36-38-40-50(68)63-45(46(67)39-37-35-33-31-29-14-12-10-8-6-4-2)44-76-60-56(74)53(71)58(48(42-65)78-60)81-62-57(75)54(72)59(49(43-66)79-62)80-61-55(73)52(70)51(69)47(41-64)77-61/h8,10,18-19,29,31,37,39,45-49,51-62,64-67,69-75H,3-7,9,11-17,20-28,30,32-36,38,40-44H2,1-2H3,(H,63,68)/b10-8+,19-18-,31-29+,39-37+. The van der Waals surface area contributed by atoms with Crippen LogP contribution >= 0.6 is 0 Å². The Balaban J connectivity index is 1.43. The third-order valence-electron chi connectivity index (χ3n) is 15.6. The van der Waals surface area contributed by atoms with Gasteiger partial charge in [0.25, 0.3) is 0 Å². The lowest BCUT2D eigenvalue weighted by molar-refractivity contribution is -0.379. The largest absolute Gasteiger partial charge is 0.394 e. The molecular weight excluding hydrogens is 1050 g/mol. The van der Waals surface area contributed by atoms with Gasteiger partial charge in [-0.2, -0.15) is 0 Å². The summed E-state index contributed by atoms with van der Waals surface area (Å²) in [7, 11) is 0. The van der Waals surface area contributed by atoms with Crippen LogP contribution in [0.1, 0.15) is 206 Å². The Hall–Kier alpha value is -2.25. The van der Waals surface area contributed by atoms with Crippen molar-refractivity contribution in [2.75, 3.05) is 26.4 Å². The molecule has 19 heteroatoms. The minimum Gasteiger partial charge on any atom is -0.394 e. The fourth-order valence-corrected chi connectivity index (χ4v) is 10.4. The molecule has 3 fully saturated rings. The second-order valence-corrected chi connectivity index (χ2v) is 22.5. The van der Waals surface area contributed by atoms with Gasteiger partial charge in [-0.1, -0.05) is 184 Å². The minimum atomic E-state index is -1.98. The molecule has 0 bridgehead atoms. The predicted molar refractivity (Wildman–Crippen MR) is 309 cm³/mol. The number of hydrogen-bond acceptors (Lipinski definition) is 18. The van der Waals surface area contributed by atoms with E-state index in [-0.39, 0.29) is 18.9 Å². The maximum Gasteiger partial charge on any atom is 0.220 e. The highest BCUT2D eigenvalue weighted by Gasteiger charge is 2.53. The fourth-order valence-electron chi connectivity index (χ4n) is 10.4. The molecule has 1 amide bonds. The van der Waals surface area contributed by atoms with Gasteiger partial charge in [-0.15, -0.1) is 0 Å². The van der Waals surface area contributed by atoms with E-state index in [1.807, 2.05) is 6.08 Å². The van der Waals surface area contributed by atoms with Crippen LogP contribution in [-0.4, -0.2) is 193 Å². The first-order valence-corrected chi connectivity index (χ1v) is 31.4. The van der Waals surface area contributed by atoms with Crippen LogP contribution in [0.5, 0.6) is 0 Å². The molecule has 3 saturated heterocycles. The molecule has 0 saturated carbocycles. The van der Waals surface area contributed by atoms with Crippen molar-refractivity contribution in [3.8, 4) is 0 Å². The van der Waals surface area contributed by atoms with Crippen LogP contribution in [0.25, 0.3) is 0 Å². The summed E-state index contributed by atoms with van der Waals surface area (Å²) in [6.07, 6.45) is 24.0. The van der Waals surface area contributed by atoms with Crippen LogP contribution in [-0.2, 0) is 33.2 Å². The van der Waals surface area contributed by atoms with Crippen molar-refractivity contribution in [2.24, 2.45) is 0 Å². The molecule has 0 aliphatic carbocycles. The zero-order valence-electron chi connectivity index (χ0n) is 49.3. The second-order valence-electron chi connectivity index (χ2n) is 22.5. The molecular formula is C62H111NO18. The van der Waals surface area contributed by atoms with E-state index in [1.54, 1.807) is 6.08 Å². The summed E-state index contributed by atoms with van der Waals surface area (Å²) >= 11 is 0. The Morgan fingerprint density at radius 3 is 1.28 bits per heavy atom. The number of nitrogens with one attached hydrogen (secondary N) is 1. The number of amides is 1. The van der Waals surface area contributed by atoms with Gasteiger partial charge in [0.1, 0.15) is 73.2 Å². The van der Waals surface area contributed by atoms with E-state index < -0.39 is 124 Å². The number of rotatable bonds is 46. The highest BCUT2D eigenvalue weighted by Crippen LogP contribution is 2.33. The van der Waals surface area contributed by atoms with E-state index in [0.717, 1.165) is 51.4 Å². The van der Waals surface area contributed by atoms with E-state index in [0.29, 0.717) is 12.8 Å². The minimum absolute atomic E-state index is 0.232.